The molecule has 80 valence electrons. The van der Waals surface area contributed by atoms with Crippen LogP contribution in [0.25, 0.3) is 0 Å². The topological polar surface area (TPSA) is 29.5 Å². The highest BCUT2D eigenvalue weighted by Gasteiger charge is 2.46. The predicted molar refractivity (Wildman–Crippen MR) is 55.7 cm³/mol. The summed E-state index contributed by atoms with van der Waals surface area (Å²) in [5, 5.41) is 9.49. The van der Waals surface area contributed by atoms with E-state index in [1.54, 1.807) is 7.11 Å². The lowest BCUT2D eigenvalue weighted by Crippen LogP contribution is -2.53. The van der Waals surface area contributed by atoms with E-state index >= 15 is 0 Å². The molecule has 0 radical (unpaired) electrons. The fourth-order valence-corrected chi connectivity index (χ4v) is 2.05. The third kappa shape index (κ3) is 2.05. The second kappa shape index (κ2) is 4.43. The highest BCUT2D eigenvalue weighted by molar-refractivity contribution is 4.96. The molecular weight excluding hydrogens is 164 g/mol. The average molecular weight is 188 g/mol. The molecule has 13 heavy (non-hydrogen) atoms. The molecule has 0 aromatic rings. The van der Waals surface area contributed by atoms with Gasteiger partial charge in [0.2, 0.25) is 0 Å². The maximum Gasteiger partial charge on any atom is 0.0981 e. The third-order valence-electron chi connectivity index (χ3n) is 3.56. The van der Waals surface area contributed by atoms with Crippen molar-refractivity contribution in [2.24, 2.45) is 11.3 Å². The highest BCUT2D eigenvalue weighted by Crippen LogP contribution is 2.41. The fourth-order valence-electron chi connectivity index (χ4n) is 2.05. The zero-order valence-electron chi connectivity index (χ0n) is 9.85. The Morgan fingerprint density at radius 3 is 1.85 bits per heavy atom. The molecule has 0 saturated carbocycles. The molecule has 0 aliphatic heterocycles. The van der Waals surface area contributed by atoms with Crippen LogP contribution in [-0.2, 0) is 4.74 Å². The first-order chi connectivity index (χ1) is 5.88. The number of hydrogen-bond acceptors (Lipinski definition) is 2. The fraction of sp³-hybridized carbons (Fsp3) is 1.00. The molecule has 0 spiro atoms. The average Bonchev–Trinajstić information content (AvgIpc) is 2.06. The van der Waals surface area contributed by atoms with Gasteiger partial charge in [0.1, 0.15) is 0 Å². The Hall–Kier alpha value is -0.0800. The van der Waals surface area contributed by atoms with E-state index in [1.807, 2.05) is 0 Å². The quantitative estimate of drug-likeness (QED) is 0.718. The molecule has 0 bridgehead atoms. The molecule has 0 aliphatic rings. The number of methoxy groups -OCH3 is 1. The Morgan fingerprint density at radius 2 is 1.77 bits per heavy atom. The molecule has 0 amide bonds. The molecule has 1 atom stereocenters. The van der Waals surface area contributed by atoms with E-state index in [0.717, 1.165) is 6.42 Å². The highest BCUT2D eigenvalue weighted by atomic mass is 16.5. The molecule has 0 aromatic heterocycles. The first kappa shape index (κ1) is 12.9. The van der Waals surface area contributed by atoms with Gasteiger partial charge in [0.15, 0.2) is 0 Å². The lowest BCUT2D eigenvalue weighted by Gasteiger charge is -2.47. The Kier molecular flexibility index (Phi) is 4.40. The van der Waals surface area contributed by atoms with E-state index in [1.165, 1.54) is 0 Å². The second-order valence-electron chi connectivity index (χ2n) is 4.64. The summed E-state index contributed by atoms with van der Waals surface area (Å²) in [4.78, 5) is 0. The van der Waals surface area contributed by atoms with Gasteiger partial charge in [-0.15, -0.1) is 0 Å². The van der Waals surface area contributed by atoms with E-state index in [9.17, 15) is 5.11 Å². The van der Waals surface area contributed by atoms with Crippen molar-refractivity contribution in [3.63, 3.8) is 0 Å². The molecule has 0 aromatic carbocycles. The van der Waals surface area contributed by atoms with Crippen LogP contribution in [0.4, 0.5) is 0 Å². The third-order valence-corrected chi connectivity index (χ3v) is 3.56. The van der Waals surface area contributed by atoms with Crippen LogP contribution in [0.5, 0.6) is 0 Å². The van der Waals surface area contributed by atoms with E-state index in [0.29, 0.717) is 5.92 Å². The zero-order chi connectivity index (χ0) is 10.7. The summed E-state index contributed by atoms with van der Waals surface area (Å²) >= 11 is 0. The molecule has 0 saturated heterocycles. The van der Waals surface area contributed by atoms with Gasteiger partial charge in [0.25, 0.3) is 0 Å². The van der Waals surface area contributed by atoms with Crippen LogP contribution in [0.3, 0.4) is 0 Å². The van der Waals surface area contributed by atoms with Gasteiger partial charge in [0.05, 0.1) is 12.2 Å². The van der Waals surface area contributed by atoms with Gasteiger partial charge in [-0.3, -0.25) is 0 Å². The summed E-state index contributed by atoms with van der Waals surface area (Å²) in [5.41, 5.74) is -0.410. The van der Waals surface area contributed by atoms with Crippen molar-refractivity contribution in [3.05, 3.63) is 0 Å². The van der Waals surface area contributed by atoms with Crippen LogP contribution in [0, 0.1) is 11.3 Å². The van der Waals surface area contributed by atoms with Gasteiger partial charge in [-0.05, 0) is 17.8 Å². The summed E-state index contributed by atoms with van der Waals surface area (Å²) in [6, 6.07) is 0. The largest absolute Gasteiger partial charge is 0.393 e. The Labute approximate surface area is 82.3 Å². The molecule has 0 fully saturated rings. The van der Waals surface area contributed by atoms with E-state index in [4.69, 9.17) is 4.74 Å². The van der Waals surface area contributed by atoms with Crippen molar-refractivity contribution in [2.45, 2.75) is 46.6 Å². The number of hydrogen-bond donors (Lipinski definition) is 1. The van der Waals surface area contributed by atoms with Crippen LogP contribution >= 0.6 is 0 Å². The van der Waals surface area contributed by atoms with Crippen molar-refractivity contribution in [3.8, 4) is 0 Å². The lowest BCUT2D eigenvalue weighted by atomic mass is 9.67. The normalized spacial score (nSPS) is 17.5. The maximum absolute atomic E-state index is 9.49. The minimum absolute atomic E-state index is 0.00463. The molecule has 2 heteroatoms. The van der Waals surface area contributed by atoms with Crippen molar-refractivity contribution in [2.75, 3.05) is 13.7 Å². The number of rotatable bonds is 5. The van der Waals surface area contributed by atoms with Crippen LogP contribution < -0.4 is 0 Å². The number of aliphatic hydroxyl groups is 1. The van der Waals surface area contributed by atoms with E-state index in [-0.39, 0.29) is 12.0 Å². The van der Waals surface area contributed by atoms with Crippen LogP contribution in [0.15, 0.2) is 0 Å². The Bertz CT molecular complexity index is 146. The van der Waals surface area contributed by atoms with Crippen LogP contribution in [-0.4, -0.2) is 24.4 Å². The summed E-state index contributed by atoms with van der Waals surface area (Å²) < 4.78 is 5.55. The molecule has 0 heterocycles. The summed E-state index contributed by atoms with van der Waals surface area (Å²) in [6.07, 6.45) is 1.000. The first-order valence-electron chi connectivity index (χ1n) is 5.04. The SMILES string of the molecule is CCC(C)(C)C(CO)(OC)C(C)C. The molecule has 0 aliphatic carbocycles. The maximum atomic E-state index is 9.49. The summed E-state index contributed by atoms with van der Waals surface area (Å²) in [5.74, 6) is 0.317. The predicted octanol–water partition coefficient (Wildman–Crippen LogP) is 2.46. The molecule has 1 unspecified atom stereocenters. The van der Waals surface area contributed by atoms with Crippen LogP contribution in [0.1, 0.15) is 41.0 Å². The first-order valence-corrected chi connectivity index (χ1v) is 5.04. The van der Waals surface area contributed by atoms with E-state index in [2.05, 4.69) is 34.6 Å². The monoisotopic (exact) mass is 188 g/mol. The van der Waals surface area contributed by atoms with Crippen molar-refractivity contribution in [1.82, 2.24) is 0 Å². The zero-order valence-corrected chi connectivity index (χ0v) is 9.85. The van der Waals surface area contributed by atoms with Crippen molar-refractivity contribution >= 4 is 0 Å². The minimum atomic E-state index is -0.415. The van der Waals surface area contributed by atoms with Gasteiger partial charge in [-0.2, -0.15) is 0 Å². The number of aliphatic hydroxyl groups excluding tert-OH is 1. The van der Waals surface area contributed by atoms with Gasteiger partial charge < -0.3 is 9.84 Å². The van der Waals surface area contributed by atoms with Crippen molar-refractivity contribution in [1.29, 1.82) is 0 Å². The number of ether oxygens (including phenoxy) is 1. The lowest BCUT2D eigenvalue weighted by molar-refractivity contribution is -0.159. The van der Waals surface area contributed by atoms with Gasteiger partial charge in [0, 0.05) is 7.11 Å². The van der Waals surface area contributed by atoms with Crippen LogP contribution in [0.2, 0.25) is 0 Å². The molecular formula is C11H24O2. The standard InChI is InChI=1S/C11H24O2/c1-7-10(4,5)11(8-12,13-6)9(2)3/h9,12H,7-8H2,1-6H3. The van der Waals surface area contributed by atoms with Gasteiger partial charge in [-0.25, -0.2) is 0 Å². The molecule has 2 nitrogen and oxygen atoms in total. The summed E-state index contributed by atoms with van der Waals surface area (Å²) in [7, 11) is 1.69. The summed E-state index contributed by atoms with van der Waals surface area (Å²) in [6.45, 7) is 10.7. The van der Waals surface area contributed by atoms with Gasteiger partial charge >= 0.3 is 0 Å². The minimum Gasteiger partial charge on any atom is -0.393 e. The molecule has 0 rings (SSSR count). The van der Waals surface area contributed by atoms with E-state index < -0.39 is 5.60 Å². The Balaban J connectivity index is 4.97. The Morgan fingerprint density at radius 1 is 1.31 bits per heavy atom. The smallest absolute Gasteiger partial charge is 0.0981 e. The second-order valence-corrected chi connectivity index (χ2v) is 4.64. The van der Waals surface area contributed by atoms with Crippen molar-refractivity contribution < 1.29 is 9.84 Å². The molecule has 1 N–H and O–H groups in total. The van der Waals surface area contributed by atoms with Gasteiger partial charge in [-0.1, -0.05) is 34.6 Å².